The lowest BCUT2D eigenvalue weighted by Gasteiger charge is -2.18. The van der Waals surface area contributed by atoms with Crippen molar-refractivity contribution < 1.29 is 4.79 Å². The average Bonchev–Trinajstić information content (AvgIpc) is 3.40. The molecule has 0 aliphatic carbocycles. The van der Waals surface area contributed by atoms with Gasteiger partial charge in [0.25, 0.3) is 0 Å². The molecule has 33 heavy (non-hydrogen) atoms. The molecule has 0 spiro atoms. The van der Waals surface area contributed by atoms with Crippen LogP contribution >= 0.6 is 0 Å². The summed E-state index contributed by atoms with van der Waals surface area (Å²) in [5.41, 5.74) is 5.51. The molecule has 1 saturated heterocycles. The molecule has 4 aromatic carbocycles. The van der Waals surface area contributed by atoms with E-state index in [1.165, 1.54) is 21.9 Å². The summed E-state index contributed by atoms with van der Waals surface area (Å²) in [6.45, 7) is 3.45. The van der Waals surface area contributed by atoms with Crippen LogP contribution in [0.25, 0.3) is 21.8 Å². The Balaban J connectivity index is 1.42. The van der Waals surface area contributed by atoms with Crippen molar-refractivity contribution in [1.82, 2.24) is 9.55 Å². The highest BCUT2D eigenvalue weighted by atomic mass is 16.2. The van der Waals surface area contributed by atoms with Gasteiger partial charge < -0.3 is 9.47 Å². The number of fused-ring (bicyclic) bond motifs is 2. The van der Waals surface area contributed by atoms with Crippen LogP contribution in [0.4, 0.5) is 5.69 Å². The molecule has 0 N–H and O–H groups in total. The van der Waals surface area contributed by atoms with Gasteiger partial charge in [0.15, 0.2) is 0 Å². The highest BCUT2D eigenvalue weighted by molar-refractivity contribution is 5.96. The number of aromatic nitrogens is 2. The van der Waals surface area contributed by atoms with Gasteiger partial charge in [0, 0.05) is 31.1 Å². The number of imidazole rings is 1. The number of carbonyl (C=O) groups is 1. The lowest BCUT2D eigenvalue weighted by atomic mass is 10.0. The van der Waals surface area contributed by atoms with Gasteiger partial charge in [-0.1, -0.05) is 72.3 Å². The third-order valence-corrected chi connectivity index (χ3v) is 6.73. The van der Waals surface area contributed by atoms with E-state index in [0.717, 1.165) is 29.1 Å². The second-order valence-electron chi connectivity index (χ2n) is 8.92. The van der Waals surface area contributed by atoms with Gasteiger partial charge in [0.1, 0.15) is 5.82 Å². The smallest absolute Gasteiger partial charge is 0.227 e. The number of amides is 1. The third kappa shape index (κ3) is 3.48. The molecule has 0 radical (unpaired) electrons. The molecular weight excluding hydrogens is 406 g/mol. The minimum Gasteiger partial charge on any atom is -0.323 e. The maximum atomic E-state index is 13.0. The van der Waals surface area contributed by atoms with Crippen molar-refractivity contribution in [1.29, 1.82) is 0 Å². The number of carbonyl (C=O) groups excluding carboxylic acids is 1. The van der Waals surface area contributed by atoms with Gasteiger partial charge in [-0.15, -0.1) is 0 Å². The molecule has 1 aliphatic heterocycles. The molecule has 1 atom stereocenters. The highest BCUT2D eigenvalue weighted by Gasteiger charge is 2.34. The van der Waals surface area contributed by atoms with Crippen LogP contribution in [-0.2, 0) is 11.3 Å². The Kier molecular flexibility index (Phi) is 4.72. The maximum Gasteiger partial charge on any atom is 0.227 e. The van der Waals surface area contributed by atoms with E-state index in [0.29, 0.717) is 13.0 Å². The van der Waals surface area contributed by atoms with Gasteiger partial charge in [-0.05, 0) is 47.5 Å². The van der Waals surface area contributed by atoms with E-state index >= 15 is 0 Å². The largest absolute Gasteiger partial charge is 0.323 e. The summed E-state index contributed by atoms with van der Waals surface area (Å²) in [5.74, 6) is 1.21. The molecule has 0 saturated carbocycles. The number of benzene rings is 4. The molecule has 1 amide bonds. The van der Waals surface area contributed by atoms with Gasteiger partial charge >= 0.3 is 0 Å². The first-order chi connectivity index (χ1) is 16.2. The summed E-state index contributed by atoms with van der Waals surface area (Å²) >= 11 is 0. The van der Waals surface area contributed by atoms with Crippen LogP contribution in [-0.4, -0.2) is 22.0 Å². The number of hydrogen-bond acceptors (Lipinski definition) is 2. The Morgan fingerprint density at radius 1 is 0.879 bits per heavy atom. The fraction of sp³-hybridized carbons (Fsp3) is 0.172. The van der Waals surface area contributed by atoms with Crippen LogP contribution in [0, 0.1) is 6.92 Å². The first-order valence-electron chi connectivity index (χ1n) is 11.5. The lowest BCUT2D eigenvalue weighted by molar-refractivity contribution is -0.117. The van der Waals surface area contributed by atoms with E-state index in [2.05, 4.69) is 84.3 Å². The van der Waals surface area contributed by atoms with Crippen LogP contribution in [0.2, 0.25) is 0 Å². The SMILES string of the molecule is Cc1ccc(N2CC(c3nc4ccccc4n3Cc3cccc4ccccc34)CC2=O)cc1. The minimum absolute atomic E-state index is 0.0566. The van der Waals surface area contributed by atoms with Crippen molar-refractivity contribution in [3.8, 4) is 0 Å². The molecule has 0 bridgehead atoms. The zero-order valence-electron chi connectivity index (χ0n) is 18.6. The normalized spacial score (nSPS) is 16.2. The van der Waals surface area contributed by atoms with E-state index < -0.39 is 0 Å². The van der Waals surface area contributed by atoms with Crippen molar-refractivity contribution in [3.05, 3.63) is 108 Å². The van der Waals surface area contributed by atoms with Crippen molar-refractivity contribution in [2.24, 2.45) is 0 Å². The molecule has 2 heterocycles. The summed E-state index contributed by atoms with van der Waals surface area (Å²) < 4.78 is 2.31. The monoisotopic (exact) mass is 431 g/mol. The van der Waals surface area contributed by atoms with Gasteiger partial charge in [-0.3, -0.25) is 4.79 Å². The van der Waals surface area contributed by atoms with Crippen molar-refractivity contribution >= 4 is 33.4 Å². The van der Waals surface area contributed by atoms with E-state index in [9.17, 15) is 4.79 Å². The molecule has 4 nitrogen and oxygen atoms in total. The zero-order valence-corrected chi connectivity index (χ0v) is 18.6. The first kappa shape index (κ1) is 19.7. The number of hydrogen-bond donors (Lipinski definition) is 0. The first-order valence-corrected chi connectivity index (χ1v) is 11.5. The Labute approximate surface area is 193 Å². The lowest BCUT2D eigenvalue weighted by Crippen LogP contribution is -2.24. The predicted octanol–water partition coefficient (Wildman–Crippen LogP) is 6.07. The Bertz CT molecular complexity index is 1480. The van der Waals surface area contributed by atoms with E-state index in [4.69, 9.17) is 4.98 Å². The Hall–Kier alpha value is -3.92. The summed E-state index contributed by atoms with van der Waals surface area (Å²) in [5, 5.41) is 2.50. The van der Waals surface area contributed by atoms with Gasteiger partial charge in [0.2, 0.25) is 5.91 Å². The predicted molar refractivity (Wildman–Crippen MR) is 134 cm³/mol. The summed E-state index contributed by atoms with van der Waals surface area (Å²) in [6, 6.07) is 31.4. The fourth-order valence-electron chi connectivity index (χ4n) is 5.03. The van der Waals surface area contributed by atoms with E-state index in [1.807, 2.05) is 23.1 Å². The number of anilines is 1. The molecule has 1 aliphatic rings. The fourth-order valence-corrected chi connectivity index (χ4v) is 5.03. The van der Waals surface area contributed by atoms with Crippen LogP contribution < -0.4 is 4.90 Å². The summed E-state index contributed by atoms with van der Waals surface area (Å²) in [7, 11) is 0. The second kappa shape index (κ2) is 7.89. The summed E-state index contributed by atoms with van der Waals surface area (Å²) in [4.78, 5) is 19.9. The summed E-state index contributed by atoms with van der Waals surface area (Å²) in [6.07, 6.45) is 0.479. The molecule has 1 fully saturated rings. The van der Waals surface area contributed by atoms with Gasteiger partial charge in [-0.2, -0.15) is 0 Å². The van der Waals surface area contributed by atoms with E-state index in [1.54, 1.807) is 0 Å². The molecular formula is C29H25N3O. The molecule has 4 heteroatoms. The van der Waals surface area contributed by atoms with Gasteiger partial charge in [-0.25, -0.2) is 4.98 Å². The Morgan fingerprint density at radius 3 is 2.52 bits per heavy atom. The van der Waals surface area contributed by atoms with Crippen molar-refractivity contribution in [2.45, 2.75) is 25.8 Å². The van der Waals surface area contributed by atoms with Crippen LogP contribution in [0.5, 0.6) is 0 Å². The number of para-hydroxylation sites is 2. The highest BCUT2D eigenvalue weighted by Crippen LogP contribution is 2.34. The van der Waals surface area contributed by atoms with Crippen molar-refractivity contribution in [2.75, 3.05) is 11.4 Å². The van der Waals surface area contributed by atoms with Gasteiger partial charge in [0.05, 0.1) is 11.0 Å². The quantitative estimate of drug-likeness (QED) is 0.347. The standard InChI is InChI=1S/C29H25N3O/c1-20-13-15-24(16-14-20)31-19-23(17-28(31)33)29-30-26-11-4-5-12-27(26)32(29)18-22-9-6-8-21-7-2-3-10-25(21)22/h2-16,23H,17-19H2,1H3. The topological polar surface area (TPSA) is 38.1 Å². The molecule has 1 aromatic heterocycles. The Morgan fingerprint density at radius 2 is 1.64 bits per heavy atom. The average molecular weight is 432 g/mol. The van der Waals surface area contributed by atoms with Crippen LogP contribution in [0.1, 0.15) is 29.3 Å². The molecule has 6 rings (SSSR count). The number of aryl methyl sites for hydroxylation is 1. The van der Waals surface area contributed by atoms with Crippen LogP contribution in [0.15, 0.2) is 91.0 Å². The third-order valence-electron chi connectivity index (χ3n) is 6.73. The second-order valence-corrected chi connectivity index (χ2v) is 8.92. The molecule has 5 aromatic rings. The van der Waals surface area contributed by atoms with Crippen molar-refractivity contribution in [3.63, 3.8) is 0 Å². The maximum absolute atomic E-state index is 13.0. The molecule has 162 valence electrons. The van der Waals surface area contributed by atoms with Crippen LogP contribution in [0.3, 0.4) is 0 Å². The molecule has 1 unspecified atom stereocenters. The number of nitrogens with zero attached hydrogens (tertiary/aromatic N) is 3. The van der Waals surface area contributed by atoms with E-state index in [-0.39, 0.29) is 11.8 Å². The number of rotatable bonds is 4. The zero-order chi connectivity index (χ0) is 22.4. The minimum atomic E-state index is 0.0566.